The Morgan fingerprint density at radius 3 is 2.60 bits per heavy atom. The zero-order valence-electron chi connectivity index (χ0n) is 11.4. The van der Waals surface area contributed by atoms with Gasteiger partial charge in [0, 0.05) is 0 Å². The van der Waals surface area contributed by atoms with E-state index in [0.717, 1.165) is 11.3 Å². The van der Waals surface area contributed by atoms with E-state index in [2.05, 4.69) is 9.97 Å². The van der Waals surface area contributed by atoms with Crippen molar-refractivity contribution in [1.82, 2.24) is 9.97 Å². The second-order valence-electron chi connectivity index (χ2n) is 4.41. The van der Waals surface area contributed by atoms with Gasteiger partial charge in [0.05, 0.1) is 17.0 Å². The smallest absolute Gasteiger partial charge is 0.252 e. The molecule has 6 nitrogen and oxygen atoms in total. The third-order valence-electron chi connectivity index (χ3n) is 2.89. The van der Waals surface area contributed by atoms with Crippen molar-refractivity contribution in [3.63, 3.8) is 0 Å². The average Bonchev–Trinajstić information content (AvgIpc) is 2.36. The van der Waals surface area contributed by atoms with Crippen LogP contribution in [0.3, 0.4) is 0 Å². The lowest BCUT2D eigenvalue weighted by Gasteiger charge is -2.12. The van der Waals surface area contributed by atoms with Crippen LogP contribution in [0.15, 0.2) is 24.3 Å². The number of rotatable bonds is 4. The molecule has 0 saturated heterocycles. The van der Waals surface area contributed by atoms with E-state index in [1.807, 2.05) is 31.2 Å². The molecule has 1 aromatic heterocycles. The summed E-state index contributed by atoms with van der Waals surface area (Å²) in [5, 5.41) is 0. The van der Waals surface area contributed by atoms with E-state index >= 15 is 0 Å². The number of nitrogens with two attached hydrogens (primary N) is 2. The minimum atomic E-state index is -0.592. The molecule has 0 fully saturated rings. The van der Waals surface area contributed by atoms with Gasteiger partial charge in [-0.25, -0.2) is 9.97 Å². The number of nitrogen functional groups attached to an aromatic ring is 1. The minimum Gasteiger partial charge on any atom is -0.487 e. The van der Waals surface area contributed by atoms with Crippen LogP contribution in [0.5, 0.6) is 5.75 Å². The maximum Gasteiger partial charge on any atom is 0.252 e. The highest BCUT2D eigenvalue weighted by Crippen LogP contribution is 2.19. The first-order valence-electron chi connectivity index (χ1n) is 6.10. The van der Waals surface area contributed by atoms with Crippen LogP contribution in [-0.2, 0) is 6.61 Å². The minimum absolute atomic E-state index is 0.0934. The number of hydrogen-bond donors (Lipinski definition) is 2. The van der Waals surface area contributed by atoms with E-state index < -0.39 is 5.91 Å². The van der Waals surface area contributed by atoms with E-state index in [4.69, 9.17) is 16.2 Å². The third kappa shape index (κ3) is 2.85. The maximum atomic E-state index is 11.5. The molecule has 0 radical (unpaired) electrons. The number of amides is 1. The summed E-state index contributed by atoms with van der Waals surface area (Å²) in [7, 11) is 0. The second-order valence-corrected chi connectivity index (χ2v) is 4.41. The number of aromatic nitrogens is 2. The lowest BCUT2D eigenvalue weighted by molar-refractivity contribution is 0.0996. The Labute approximate surface area is 116 Å². The normalized spacial score (nSPS) is 10.3. The molecular formula is C14H16N4O2. The first-order valence-corrected chi connectivity index (χ1v) is 6.10. The first kappa shape index (κ1) is 13.8. The van der Waals surface area contributed by atoms with Gasteiger partial charge < -0.3 is 16.2 Å². The molecule has 6 heteroatoms. The van der Waals surface area contributed by atoms with Gasteiger partial charge >= 0.3 is 0 Å². The highest BCUT2D eigenvalue weighted by molar-refractivity contribution is 5.95. The fraction of sp³-hybridized carbons (Fsp3) is 0.214. The molecule has 2 aromatic rings. The molecular weight excluding hydrogens is 256 g/mol. The van der Waals surface area contributed by atoms with E-state index in [1.165, 1.54) is 0 Å². The molecule has 2 rings (SSSR count). The number of nitrogens with zero attached hydrogens (tertiary/aromatic N) is 2. The molecule has 0 spiro atoms. The number of aryl methyl sites for hydroxylation is 2. The molecule has 1 aromatic carbocycles. The van der Waals surface area contributed by atoms with Gasteiger partial charge in [-0.2, -0.15) is 0 Å². The number of anilines is 1. The highest BCUT2D eigenvalue weighted by Gasteiger charge is 2.16. The van der Waals surface area contributed by atoms with Crippen molar-refractivity contribution in [2.24, 2.45) is 5.73 Å². The summed E-state index contributed by atoms with van der Waals surface area (Å²) in [4.78, 5) is 19.5. The van der Waals surface area contributed by atoms with Crippen LogP contribution in [0.4, 0.5) is 5.95 Å². The molecule has 0 atom stereocenters. The summed E-state index contributed by atoms with van der Waals surface area (Å²) in [6.45, 7) is 3.70. The predicted molar refractivity (Wildman–Crippen MR) is 75.2 cm³/mol. The number of ether oxygens (including phenoxy) is 1. The molecule has 0 aliphatic heterocycles. The van der Waals surface area contributed by atoms with Gasteiger partial charge in [-0.15, -0.1) is 0 Å². The van der Waals surface area contributed by atoms with E-state index in [9.17, 15) is 4.79 Å². The summed E-state index contributed by atoms with van der Waals surface area (Å²) in [6, 6.07) is 7.57. The Hall–Kier alpha value is -2.63. The van der Waals surface area contributed by atoms with Crippen LogP contribution in [0.25, 0.3) is 0 Å². The molecule has 104 valence electrons. The van der Waals surface area contributed by atoms with Crippen molar-refractivity contribution in [3.05, 3.63) is 46.8 Å². The van der Waals surface area contributed by atoms with E-state index in [1.54, 1.807) is 6.92 Å². The molecule has 0 bridgehead atoms. The first-order chi connectivity index (χ1) is 9.49. The summed E-state index contributed by atoms with van der Waals surface area (Å²) in [6.07, 6.45) is 0. The number of carbonyl (C=O) groups is 1. The van der Waals surface area contributed by atoms with Crippen molar-refractivity contribution in [2.75, 3.05) is 5.73 Å². The zero-order chi connectivity index (χ0) is 14.7. The van der Waals surface area contributed by atoms with Crippen LogP contribution in [0.1, 0.15) is 27.3 Å². The molecule has 0 aliphatic carbocycles. The summed E-state index contributed by atoms with van der Waals surface area (Å²) >= 11 is 0. The molecule has 1 amide bonds. The molecule has 0 aliphatic rings. The molecule has 20 heavy (non-hydrogen) atoms. The van der Waals surface area contributed by atoms with Gasteiger partial charge in [-0.3, -0.25) is 4.79 Å². The van der Waals surface area contributed by atoms with Crippen LogP contribution >= 0.6 is 0 Å². The molecule has 1 heterocycles. The molecule has 0 saturated carbocycles. The number of hydrogen-bond acceptors (Lipinski definition) is 5. The standard InChI is InChI=1S/C14H16N4O2/c1-8-5-3-4-6-11(8)20-7-10-12(13(15)19)9(2)17-14(16)18-10/h3-6H,7H2,1-2H3,(H2,15,19)(H2,16,17,18). The fourth-order valence-corrected chi connectivity index (χ4v) is 1.95. The lowest BCUT2D eigenvalue weighted by Crippen LogP contribution is -2.20. The molecule has 0 unspecified atom stereocenters. The Morgan fingerprint density at radius 2 is 1.95 bits per heavy atom. The Bertz CT molecular complexity index is 656. The number of primary amides is 1. The third-order valence-corrected chi connectivity index (χ3v) is 2.89. The van der Waals surface area contributed by atoms with Crippen LogP contribution in [-0.4, -0.2) is 15.9 Å². The number of para-hydroxylation sites is 1. The summed E-state index contributed by atoms with van der Waals surface area (Å²) < 4.78 is 5.67. The zero-order valence-corrected chi connectivity index (χ0v) is 11.4. The van der Waals surface area contributed by atoms with Gasteiger partial charge in [0.2, 0.25) is 5.95 Å². The van der Waals surface area contributed by atoms with E-state index in [-0.39, 0.29) is 18.1 Å². The number of benzene rings is 1. The van der Waals surface area contributed by atoms with Crippen molar-refractivity contribution in [3.8, 4) is 5.75 Å². The highest BCUT2D eigenvalue weighted by atomic mass is 16.5. The van der Waals surface area contributed by atoms with Gasteiger partial charge in [-0.1, -0.05) is 18.2 Å². The second kappa shape index (κ2) is 5.56. The summed E-state index contributed by atoms with van der Waals surface area (Å²) in [5.41, 5.74) is 13.0. The van der Waals surface area contributed by atoms with Crippen LogP contribution in [0, 0.1) is 13.8 Å². The Morgan fingerprint density at radius 1 is 1.25 bits per heavy atom. The van der Waals surface area contributed by atoms with E-state index in [0.29, 0.717) is 11.4 Å². The fourth-order valence-electron chi connectivity index (χ4n) is 1.95. The largest absolute Gasteiger partial charge is 0.487 e. The van der Waals surface area contributed by atoms with Gasteiger partial charge in [0.1, 0.15) is 12.4 Å². The topological polar surface area (TPSA) is 104 Å². The van der Waals surface area contributed by atoms with Crippen molar-refractivity contribution in [2.45, 2.75) is 20.5 Å². The summed E-state index contributed by atoms with van der Waals surface area (Å²) in [5.74, 6) is 0.222. The lowest BCUT2D eigenvalue weighted by atomic mass is 10.1. The van der Waals surface area contributed by atoms with Gasteiger partial charge in [0.25, 0.3) is 5.91 Å². The maximum absolute atomic E-state index is 11.5. The van der Waals surface area contributed by atoms with Crippen molar-refractivity contribution >= 4 is 11.9 Å². The van der Waals surface area contributed by atoms with Gasteiger partial charge in [-0.05, 0) is 25.5 Å². The Balaban J connectivity index is 2.30. The van der Waals surface area contributed by atoms with Gasteiger partial charge in [0.15, 0.2) is 0 Å². The predicted octanol–water partition coefficient (Wildman–Crippen LogP) is 1.35. The van der Waals surface area contributed by atoms with Crippen LogP contribution < -0.4 is 16.2 Å². The van der Waals surface area contributed by atoms with Crippen LogP contribution in [0.2, 0.25) is 0 Å². The monoisotopic (exact) mass is 272 g/mol. The quantitative estimate of drug-likeness (QED) is 0.874. The Kier molecular flexibility index (Phi) is 3.84. The average molecular weight is 272 g/mol. The SMILES string of the molecule is Cc1ccccc1OCc1nc(N)nc(C)c1C(N)=O. The number of carbonyl (C=O) groups excluding carboxylic acids is 1. The molecule has 4 N–H and O–H groups in total. The van der Waals surface area contributed by atoms with Crippen molar-refractivity contribution < 1.29 is 9.53 Å². The van der Waals surface area contributed by atoms with Crippen molar-refractivity contribution in [1.29, 1.82) is 0 Å².